The van der Waals surface area contributed by atoms with E-state index in [-0.39, 0.29) is 0 Å². The SMILES string of the molecule is C[C@@H]1CN(CCCOc2ccc(I)cc2)C[C@H](C)O1. The van der Waals surface area contributed by atoms with E-state index in [9.17, 15) is 0 Å². The van der Waals surface area contributed by atoms with Crippen LogP contribution in [0.15, 0.2) is 24.3 Å². The van der Waals surface area contributed by atoms with E-state index in [2.05, 4.69) is 53.5 Å². The molecule has 1 saturated heterocycles. The van der Waals surface area contributed by atoms with Gasteiger partial charge in [0.05, 0.1) is 18.8 Å². The molecule has 0 saturated carbocycles. The summed E-state index contributed by atoms with van der Waals surface area (Å²) in [5.41, 5.74) is 0. The van der Waals surface area contributed by atoms with Crippen LogP contribution in [-0.2, 0) is 4.74 Å². The Kier molecular flexibility index (Phi) is 5.91. The minimum absolute atomic E-state index is 0.348. The summed E-state index contributed by atoms with van der Waals surface area (Å²) in [4.78, 5) is 2.47. The fourth-order valence-electron chi connectivity index (χ4n) is 2.48. The van der Waals surface area contributed by atoms with Crippen LogP contribution >= 0.6 is 22.6 Å². The van der Waals surface area contributed by atoms with E-state index >= 15 is 0 Å². The first-order chi connectivity index (χ1) is 9.13. The van der Waals surface area contributed by atoms with Gasteiger partial charge in [0.25, 0.3) is 0 Å². The lowest BCUT2D eigenvalue weighted by Gasteiger charge is -2.35. The molecule has 19 heavy (non-hydrogen) atoms. The number of benzene rings is 1. The zero-order valence-electron chi connectivity index (χ0n) is 11.6. The second-order valence-corrected chi connectivity index (χ2v) is 6.42. The second kappa shape index (κ2) is 7.45. The summed E-state index contributed by atoms with van der Waals surface area (Å²) < 4.78 is 12.7. The van der Waals surface area contributed by atoms with Crippen molar-refractivity contribution in [3.63, 3.8) is 0 Å². The molecule has 1 heterocycles. The Morgan fingerprint density at radius 2 is 1.84 bits per heavy atom. The highest BCUT2D eigenvalue weighted by molar-refractivity contribution is 14.1. The molecule has 0 radical (unpaired) electrons. The molecule has 3 nitrogen and oxygen atoms in total. The highest BCUT2D eigenvalue weighted by Gasteiger charge is 2.21. The molecule has 0 unspecified atom stereocenters. The summed E-state index contributed by atoms with van der Waals surface area (Å²) in [6.07, 6.45) is 1.76. The minimum Gasteiger partial charge on any atom is -0.494 e. The maximum atomic E-state index is 5.74. The van der Waals surface area contributed by atoms with E-state index in [4.69, 9.17) is 9.47 Å². The quantitative estimate of drug-likeness (QED) is 0.583. The van der Waals surface area contributed by atoms with Gasteiger partial charge in [0.2, 0.25) is 0 Å². The zero-order chi connectivity index (χ0) is 13.7. The van der Waals surface area contributed by atoms with Gasteiger partial charge in [-0.3, -0.25) is 4.90 Å². The molecule has 0 aromatic heterocycles. The molecule has 1 aromatic rings. The van der Waals surface area contributed by atoms with Crippen molar-refractivity contribution in [2.45, 2.75) is 32.5 Å². The van der Waals surface area contributed by atoms with Crippen molar-refractivity contribution in [3.05, 3.63) is 27.8 Å². The first kappa shape index (κ1) is 15.1. The first-order valence-corrected chi connectivity index (χ1v) is 7.97. The molecule has 106 valence electrons. The summed E-state index contributed by atoms with van der Waals surface area (Å²) in [5.74, 6) is 0.962. The van der Waals surface area contributed by atoms with Crippen LogP contribution in [0.3, 0.4) is 0 Å². The molecule has 0 amide bonds. The molecule has 0 aliphatic carbocycles. The van der Waals surface area contributed by atoms with Crippen molar-refractivity contribution < 1.29 is 9.47 Å². The van der Waals surface area contributed by atoms with E-state index in [1.165, 1.54) is 3.57 Å². The Morgan fingerprint density at radius 3 is 2.47 bits per heavy atom. The summed E-state index contributed by atoms with van der Waals surface area (Å²) in [6.45, 7) is 8.22. The van der Waals surface area contributed by atoms with Crippen LogP contribution in [0.2, 0.25) is 0 Å². The maximum absolute atomic E-state index is 5.74. The van der Waals surface area contributed by atoms with Gasteiger partial charge in [0.1, 0.15) is 5.75 Å². The lowest BCUT2D eigenvalue weighted by molar-refractivity contribution is -0.0686. The number of nitrogens with zero attached hydrogens (tertiary/aromatic N) is 1. The minimum atomic E-state index is 0.348. The third-order valence-electron chi connectivity index (χ3n) is 3.20. The second-order valence-electron chi connectivity index (χ2n) is 5.17. The molecule has 4 heteroatoms. The van der Waals surface area contributed by atoms with Gasteiger partial charge >= 0.3 is 0 Å². The number of rotatable bonds is 5. The van der Waals surface area contributed by atoms with Crippen LogP contribution < -0.4 is 4.74 Å². The highest BCUT2D eigenvalue weighted by Crippen LogP contribution is 2.14. The smallest absolute Gasteiger partial charge is 0.119 e. The lowest BCUT2D eigenvalue weighted by Crippen LogP contribution is -2.45. The maximum Gasteiger partial charge on any atom is 0.119 e. The standard InChI is InChI=1S/C15H22INO2/c1-12-10-17(11-13(2)19-12)8-3-9-18-15-6-4-14(16)5-7-15/h4-7,12-13H,3,8-11H2,1-2H3/t12-,13+. The van der Waals surface area contributed by atoms with E-state index in [0.29, 0.717) is 12.2 Å². The molecule has 0 spiro atoms. The van der Waals surface area contributed by atoms with Crippen LogP contribution in [0, 0.1) is 3.57 Å². The van der Waals surface area contributed by atoms with Crippen LogP contribution in [0.1, 0.15) is 20.3 Å². The number of hydrogen-bond acceptors (Lipinski definition) is 3. The summed E-state index contributed by atoms with van der Waals surface area (Å²) in [5, 5.41) is 0. The fraction of sp³-hybridized carbons (Fsp3) is 0.600. The Balaban J connectivity index is 1.65. The molecule has 1 aliphatic heterocycles. The molecular weight excluding hydrogens is 353 g/mol. The number of halogens is 1. The predicted molar refractivity (Wildman–Crippen MR) is 85.7 cm³/mol. The van der Waals surface area contributed by atoms with Crippen LogP contribution in [0.25, 0.3) is 0 Å². The van der Waals surface area contributed by atoms with Crippen LogP contribution in [-0.4, -0.2) is 43.3 Å². The molecule has 0 N–H and O–H groups in total. The number of ether oxygens (including phenoxy) is 2. The fourth-order valence-corrected chi connectivity index (χ4v) is 2.84. The summed E-state index contributed by atoms with van der Waals surface area (Å²) >= 11 is 2.30. The normalized spacial score (nSPS) is 24.4. The largest absolute Gasteiger partial charge is 0.494 e. The molecule has 1 fully saturated rings. The Bertz CT molecular complexity index is 372. The third-order valence-corrected chi connectivity index (χ3v) is 3.92. The zero-order valence-corrected chi connectivity index (χ0v) is 13.8. The third kappa shape index (κ3) is 5.28. The molecule has 1 aliphatic rings. The van der Waals surface area contributed by atoms with Crippen molar-refractivity contribution in [1.29, 1.82) is 0 Å². The van der Waals surface area contributed by atoms with Crippen LogP contribution in [0.5, 0.6) is 5.75 Å². The van der Waals surface area contributed by atoms with Gasteiger partial charge in [-0.25, -0.2) is 0 Å². The monoisotopic (exact) mass is 375 g/mol. The lowest BCUT2D eigenvalue weighted by atomic mass is 10.2. The Hall–Kier alpha value is -0.330. The number of morpholine rings is 1. The molecule has 1 aromatic carbocycles. The van der Waals surface area contributed by atoms with Gasteiger partial charge < -0.3 is 9.47 Å². The first-order valence-electron chi connectivity index (χ1n) is 6.89. The van der Waals surface area contributed by atoms with Gasteiger partial charge in [0.15, 0.2) is 0 Å². The average molecular weight is 375 g/mol. The average Bonchev–Trinajstić information content (AvgIpc) is 2.36. The number of hydrogen-bond donors (Lipinski definition) is 0. The van der Waals surface area contributed by atoms with Gasteiger partial charge in [-0.15, -0.1) is 0 Å². The van der Waals surface area contributed by atoms with Crippen molar-refractivity contribution in [2.24, 2.45) is 0 Å². The van der Waals surface area contributed by atoms with E-state index in [0.717, 1.165) is 38.4 Å². The Morgan fingerprint density at radius 1 is 1.21 bits per heavy atom. The highest BCUT2D eigenvalue weighted by atomic mass is 127. The summed E-state index contributed by atoms with van der Waals surface area (Å²) in [7, 11) is 0. The Labute approximate surface area is 129 Å². The van der Waals surface area contributed by atoms with Crippen molar-refractivity contribution in [1.82, 2.24) is 4.90 Å². The molecular formula is C15H22INO2. The van der Waals surface area contributed by atoms with E-state index in [1.54, 1.807) is 0 Å². The molecule has 2 atom stereocenters. The van der Waals surface area contributed by atoms with Crippen molar-refractivity contribution in [3.8, 4) is 5.75 Å². The summed E-state index contributed by atoms with van der Waals surface area (Å²) in [6, 6.07) is 8.20. The van der Waals surface area contributed by atoms with Crippen molar-refractivity contribution >= 4 is 22.6 Å². The van der Waals surface area contributed by atoms with Gasteiger partial charge in [-0.1, -0.05) is 0 Å². The van der Waals surface area contributed by atoms with E-state index in [1.807, 2.05) is 12.1 Å². The van der Waals surface area contributed by atoms with Crippen LogP contribution in [0.4, 0.5) is 0 Å². The molecule has 0 bridgehead atoms. The van der Waals surface area contributed by atoms with Gasteiger partial charge in [-0.2, -0.15) is 0 Å². The van der Waals surface area contributed by atoms with Crippen molar-refractivity contribution in [2.75, 3.05) is 26.2 Å². The van der Waals surface area contributed by atoms with E-state index < -0.39 is 0 Å². The van der Waals surface area contributed by atoms with Gasteiger partial charge in [-0.05, 0) is 67.1 Å². The topological polar surface area (TPSA) is 21.7 Å². The predicted octanol–water partition coefficient (Wildman–Crippen LogP) is 3.17. The molecule has 2 rings (SSSR count). The van der Waals surface area contributed by atoms with Gasteiger partial charge in [0, 0.05) is 23.2 Å².